The van der Waals surface area contributed by atoms with Gasteiger partial charge in [-0.2, -0.15) is 0 Å². The van der Waals surface area contributed by atoms with E-state index in [0.717, 1.165) is 22.4 Å². The third kappa shape index (κ3) is 5.35. The molecule has 0 aliphatic heterocycles. The molecule has 0 atom stereocenters. The number of allylic oxidation sites excluding steroid dienone is 6. The lowest BCUT2D eigenvalue weighted by molar-refractivity contribution is 1.31. The zero-order valence-corrected chi connectivity index (χ0v) is 12.5. The van der Waals surface area contributed by atoms with Crippen LogP contribution in [0.3, 0.4) is 0 Å². The molecule has 0 spiro atoms. The first-order chi connectivity index (χ1) is 9.01. The van der Waals surface area contributed by atoms with Crippen molar-refractivity contribution in [1.82, 2.24) is 0 Å². The third-order valence-corrected chi connectivity index (χ3v) is 2.56. The smallest absolute Gasteiger partial charge is 0.0996 e. The molecule has 0 aliphatic rings. The molecule has 0 unspecified atom stereocenters. The summed E-state index contributed by atoms with van der Waals surface area (Å²) in [7, 11) is 0. The molecule has 0 aromatic rings. The van der Waals surface area contributed by atoms with Gasteiger partial charge in [-0.3, -0.25) is 9.98 Å². The van der Waals surface area contributed by atoms with Gasteiger partial charge in [0.2, 0.25) is 0 Å². The quantitative estimate of drug-likeness (QED) is 0.392. The Bertz CT molecular complexity index is 518. The molecule has 0 aromatic carbocycles. The molecule has 0 fully saturated rings. The van der Waals surface area contributed by atoms with Crippen molar-refractivity contribution in [3.8, 4) is 12.3 Å². The normalized spacial score (nSPS) is 15.3. The van der Waals surface area contributed by atoms with Crippen LogP contribution in [-0.2, 0) is 0 Å². The highest BCUT2D eigenvalue weighted by Gasteiger charge is 2.08. The SMILES string of the molecule is C#CC(/C(C)=C\C(C)=C\C)=C(\N=C/C)C(/C)=N/C=C. The monoisotopic (exact) mass is 254 g/mol. The van der Waals surface area contributed by atoms with Crippen LogP contribution in [0.25, 0.3) is 0 Å². The fourth-order valence-electron chi connectivity index (χ4n) is 1.53. The molecular weight excluding hydrogens is 232 g/mol. The van der Waals surface area contributed by atoms with Gasteiger partial charge in [0.1, 0.15) is 0 Å². The van der Waals surface area contributed by atoms with E-state index in [9.17, 15) is 0 Å². The summed E-state index contributed by atoms with van der Waals surface area (Å²) in [6.07, 6.45) is 12.9. The topological polar surface area (TPSA) is 24.7 Å². The maximum atomic E-state index is 5.63. The van der Waals surface area contributed by atoms with E-state index in [1.165, 1.54) is 6.20 Å². The van der Waals surface area contributed by atoms with Crippen LogP contribution in [0.15, 0.2) is 57.3 Å². The highest BCUT2D eigenvalue weighted by atomic mass is 14.8. The predicted octanol–water partition coefficient (Wildman–Crippen LogP) is 4.48. The fourth-order valence-corrected chi connectivity index (χ4v) is 1.53. The van der Waals surface area contributed by atoms with Gasteiger partial charge in [0.25, 0.3) is 0 Å². The molecule has 19 heavy (non-hydrogen) atoms. The van der Waals surface area contributed by atoms with Gasteiger partial charge in [0.05, 0.1) is 17.0 Å². The number of hydrogen-bond acceptors (Lipinski definition) is 2. The first-order valence-electron chi connectivity index (χ1n) is 6.18. The Kier molecular flexibility index (Phi) is 7.88. The minimum Gasteiger partial charge on any atom is -0.260 e. The van der Waals surface area contributed by atoms with Crippen molar-refractivity contribution < 1.29 is 0 Å². The molecule has 0 aliphatic carbocycles. The van der Waals surface area contributed by atoms with E-state index in [4.69, 9.17) is 6.42 Å². The summed E-state index contributed by atoms with van der Waals surface area (Å²) >= 11 is 0. The summed E-state index contributed by atoms with van der Waals surface area (Å²) in [4.78, 5) is 8.51. The van der Waals surface area contributed by atoms with Crippen molar-refractivity contribution in [2.45, 2.75) is 34.6 Å². The summed E-state index contributed by atoms with van der Waals surface area (Å²) in [5.41, 5.74) is 4.37. The van der Waals surface area contributed by atoms with E-state index >= 15 is 0 Å². The second-order valence-electron chi connectivity index (χ2n) is 4.01. The minimum absolute atomic E-state index is 0.711. The highest BCUT2D eigenvalue weighted by Crippen LogP contribution is 2.18. The second-order valence-corrected chi connectivity index (χ2v) is 4.01. The molecule has 0 heterocycles. The van der Waals surface area contributed by atoms with Crippen LogP contribution in [0.4, 0.5) is 0 Å². The lowest BCUT2D eigenvalue weighted by Gasteiger charge is -2.07. The average Bonchev–Trinajstić information content (AvgIpc) is 2.38. The molecule has 100 valence electrons. The number of terminal acetylenes is 1. The second kappa shape index (κ2) is 8.88. The summed E-state index contributed by atoms with van der Waals surface area (Å²) in [6.45, 7) is 13.3. The molecule has 0 bridgehead atoms. The van der Waals surface area contributed by atoms with Crippen molar-refractivity contribution >= 4 is 11.9 Å². The summed E-state index contributed by atoms with van der Waals surface area (Å²) in [5.74, 6) is 2.71. The van der Waals surface area contributed by atoms with Crippen LogP contribution < -0.4 is 0 Å². The first kappa shape index (κ1) is 16.9. The highest BCUT2D eigenvalue weighted by molar-refractivity contribution is 6.01. The maximum Gasteiger partial charge on any atom is 0.0996 e. The van der Waals surface area contributed by atoms with Crippen molar-refractivity contribution in [3.05, 3.63) is 47.3 Å². The van der Waals surface area contributed by atoms with E-state index in [-0.39, 0.29) is 0 Å². The van der Waals surface area contributed by atoms with Crippen LogP contribution in [-0.4, -0.2) is 11.9 Å². The van der Waals surface area contributed by atoms with Gasteiger partial charge < -0.3 is 0 Å². The molecule has 0 aromatic heterocycles. The predicted molar refractivity (Wildman–Crippen MR) is 86.5 cm³/mol. The van der Waals surface area contributed by atoms with Crippen LogP contribution >= 0.6 is 0 Å². The first-order valence-corrected chi connectivity index (χ1v) is 6.18. The Hall–Kier alpha value is -2.14. The van der Waals surface area contributed by atoms with Gasteiger partial charge in [-0.15, -0.1) is 6.42 Å². The standard InChI is InChI=1S/C17H22N2/c1-8-13(5)12-14(6)16(9-2)17(19-11-4)15(7)18-10-3/h2,8,10-12H,3H2,1,4-7H3/b13-8+,14-12-,17-16+,18-15+,19-11-. The van der Waals surface area contributed by atoms with Gasteiger partial charge in [0.15, 0.2) is 0 Å². The zero-order valence-electron chi connectivity index (χ0n) is 12.5. The molecule has 2 heteroatoms. The summed E-state index contributed by atoms with van der Waals surface area (Å²) < 4.78 is 0. The van der Waals surface area contributed by atoms with Crippen LogP contribution in [0.5, 0.6) is 0 Å². The van der Waals surface area contributed by atoms with E-state index in [1.54, 1.807) is 6.21 Å². The van der Waals surface area contributed by atoms with Crippen molar-refractivity contribution in [2.24, 2.45) is 9.98 Å². The van der Waals surface area contributed by atoms with Gasteiger partial charge in [-0.25, -0.2) is 0 Å². The van der Waals surface area contributed by atoms with Gasteiger partial charge in [0, 0.05) is 12.4 Å². The Labute approximate surface area is 117 Å². The zero-order chi connectivity index (χ0) is 14.8. The van der Waals surface area contributed by atoms with Gasteiger partial charge >= 0.3 is 0 Å². The van der Waals surface area contributed by atoms with Crippen LogP contribution in [0, 0.1) is 12.3 Å². The summed E-state index contributed by atoms with van der Waals surface area (Å²) in [6, 6.07) is 0. The van der Waals surface area contributed by atoms with Gasteiger partial charge in [-0.05, 0) is 40.2 Å². The van der Waals surface area contributed by atoms with Crippen molar-refractivity contribution in [1.29, 1.82) is 0 Å². The molecule has 0 saturated heterocycles. The molecule has 0 radical (unpaired) electrons. The fraction of sp³-hybridized carbons (Fsp3) is 0.294. The molecule has 0 N–H and O–H groups in total. The Morgan fingerprint density at radius 1 is 1.21 bits per heavy atom. The molecule has 0 amide bonds. The minimum atomic E-state index is 0.711. The molecule has 2 nitrogen and oxygen atoms in total. The lowest BCUT2D eigenvalue weighted by atomic mass is 10.0. The van der Waals surface area contributed by atoms with Crippen molar-refractivity contribution in [2.75, 3.05) is 0 Å². The van der Waals surface area contributed by atoms with E-state index in [2.05, 4.69) is 22.5 Å². The third-order valence-electron chi connectivity index (χ3n) is 2.56. The Morgan fingerprint density at radius 3 is 2.26 bits per heavy atom. The van der Waals surface area contributed by atoms with Crippen LogP contribution in [0.2, 0.25) is 0 Å². The number of aliphatic imine (C=N–C) groups is 2. The molecule has 0 rings (SSSR count). The number of rotatable bonds is 5. The largest absolute Gasteiger partial charge is 0.260 e. The summed E-state index contributed by atoms with van der Waals surface area (Å²) in [5, 5.41) is 0. The van der Waals surface area contributed by atoms with E-state index in [0.29, 0.717) is 5.70 Å². The van der Waals surface area contributed by atoms with Gasteiger partial charge in [-0.1, -0.05) is 30.2 Å². The van der Waals surface area contributed by atoms with Crippen molar-refractivity contribution in [3.63, 3.8) is 0 Å². The Balaban J connectivity index is 6.02. The Morgan fingerprint density at radius 2 is 1.84 bits per heavy atom. The number of nitrogens with zero attached hydrogens (tertiary/aromatic N) is 2. The molecule has 0 saturated carbocycles. The average molecular weight is 254 g/mol. The maximum absolute atomic E-state index is 5.63. The lowest BCUT2D eigenvalue weighted by Crippen LogP contribution is -2.01. The van der Waals surface area contributed by atoms with Crippen LogP contribution in [0.1, 0.15) is 34.6 Å². The number of hydrogen-bond donors (Lipinski definition) is 0. The van der Waals surface area contributed by atoms with E-state index in [1.807, 2.05) is 46.8 Å². The van der Waals surface area contributed by atoms with E-state index < -0.39 is 0 Å². The molecular formula is C17H22N2.